The molecule has 2 aliphatic heterocycles. The third-order valence-corrected chi connectivity index (χ3v) is 6.48. The Morgan fingerprint density at radius 2 is 1.57 bits per heavy atom. The lowest BCUT2D eigenvalue weighted by Crippen LogP contribution is -2.51. The summed E-state index contributed by atoms with van der Waals surface area (Å²) >= 11 is 6.08. The highest BCUT2D eigenvalue weighted by Gasteiger charge is 2.43. The Bertz CT molecular complexity index is 1110. The van der Waals surface area contributed by atoms with Crippen LogP contribution >= 0.6 is 11.6 Å². The smallest absolute Gasteiger partial charge is 0.329 e. The number of carbonyl (C=O) groups excluding carboxylic acids is 4. The molecule has 0 N–H and O–H groups in total. The molecule has 35 heavy (non-hydrogen) atoms. The summed E-state index contributed by atoms with van der Waals surface area (Å²) in [5, 5.41) is 0.655. The number of imide groups is 1. The first-order valence-electron chi connectivity index (χ1n) is 11.7. The van der Waals surface area contributed by atoms with Crippen molar-refractivity contribution in [2.75, 3.05) is 37.7 Å². The zero-order chi connectivity index (χ0) is 25.1. The van der Waals surface area contributed by atoms with Gasteiger partial charge in [-0.15, -0.1) is 0 Å². The first-order valence-corrected chi connectivity index (χ1v) is 12.1. The Morgan fingerprint density at radius 3 is 2.14 bits per heavy atom. The molecule has 0 aromatic heterocycles. The van der Waals surface area contributed by atoms with Crippen molar-refractivity contribution in [1.29, 1.82) is 0 Å². The summed E-state index contributed by atoms with van der Waals surface area (Å²) in [4.78, 5) is 56.3. The Labute approximate surface area is 209 Å². The molecule has 8 nitrogen and oxygen atoms in total. The van der Waals surface area contributed by atoms with Gasteiger partial charge in [0.1, 0.15) is 6.04 Å². The average molecular weight is 498 g/mol. The van der Waals surface area contributed by atoms with Crippen LogP contribution in [0.25, 0.3) is 0 Å². The van der Waals surface area contributed by atoms with Gasteiger partial charge in [-0.05, 0) is 42.7 Å². The minimum Gasteiger partial charge on any atom is -0.454 e. The highest BCUT2D eigenvalue weighted by molar-refractivity contribution is 6.30. The minimum atomic E-state index is -1.09. The van der Waals surface area contributed by atoms with Crippen molar-refractivity contribution in [3.8, 4) is 0 Å². The number of halogens is 1. The van der Waals surface area contributed by atoms with Crippen molar-refractivity contribution in [2.24, 2.45) is 5.92 Å². The number of amides is 3. The predicted octanol–water partition coefficient (Wildman–Crippen LogP) is 3.24. The fourth-order valence-electron chi connectivity index (χ4n) is 4.45. The van der Waals surface area contributed by atoms with E-state index in [9.17, 15) is 19.2 Å². The maximum atomic E-state index is 13.0. The zero-order valence-corrected chi connectivity index (χ0v) is 20.5. The topological polar surface area (TPSA) is 87.2 Å². The van der Waals surface area contributed by atoms with Crippen LogP contribution in [0, 0.1) is 5.92 Å². The molecule has 1 atom stereocenters. The van der Waals surface area contributed by atoms with Crippen LogP contribution < -0.4 is 4.90 Å². The number of piperazine rings is 1. The van der Waals surface area contributed by atoms with Gasteiger partial charge in [0.15, 0.2) is 6.61 Å². The number of fused-ring (bicyclic) bond motifs is 1. The molecular weight excluding hydrogens is 470 g/mol. The van der Waals surface area contributed by atoms with Gasteiger partial charge in [0, 0.05) is 36.9 Å². The normalized spacial score (nSPS) is 16.5. The summed E-state index contributed by atoms with van der Waals surface area (Å²) < 4.78 is 5.35. The molecule has 0 saturated carbocycles. The first-order chi connectivity index (χ1) is 16.8. The van der Waals surface area contributed by atoms with Crippen LogP contribution in [0.5, 0.6) is 0 Å². The second-order valence-electron chi connectivity index (χ2n) is 9.13. The molecule has 4 rings (SSSR count). The first kappa shape index (κ1) is 24.7. The highest BCUT2D eigenvalue weighted by Crippen LogP contribution is 2.27. The number of rotatable bonds is 7. The maximum Gasteiger partial charge on any atom is 0.329 e. The molecule has 2 aromatic carbocycles. The lowest BCUT2D eigenvalue weighted by atomic mass is 10.0. The Hall–Kier alpha value is -3.39. The second kappa shape index (κ2) is 10.5. The lowest BCUT2D eigenvalue weighted by Gasteiger charge is -2.36. The van der Waals surface area contributed by atoms with E-state index in [1.165, 1.54) is 0 Å². The minimum absolute atomic E-state index is 0.0205. The van der Waals surface area contributed by atoms with E-state index in [0.29, 0.717) is 31.2 Å². The van der Waals surface area contributed by atoms with Crippen molar-refractivity contribution < 1.29 is 23.9 Å². The molecule has 0 bridgehead atoms. The number of nitrogens with zero attached hydrogens (tertiary/aromatic N) is 3. The predicted molar refractivity (Wildman–Crippen MR) is 131 cm³/mol. The van der Waals surface area contributed by atoms with E-state index in [0.717, 1.165) is 10.6 Å². The number of hydrogen-bond donors (Lipinski definition) is 0. The molecule has 0 spiro atoms. The molecule has 0 radical (unpaired) electrons. The summed E-state index contributed by atoms with van der Waals surface area (Å²) in [5.41, 5.74) is 1.54. The fourth-order valence-corrected chi connectivity index (χ4v) is 4.64. The van der Waals surface area contributed by atoms with Crippen molar-refractivity contribution in [2.45, 2.75) is 26.3 Å². The largest absolute Gasteiger partial charge is 0.454 e. The van der Waals surface area contributed by atoms with Gasteiger partial charge in [0.25, 0.3) is 17.7 Å². The number of anilines is 1. The summed E-state index contributed by atoms with van der Waals surface area (Å²) in [5.74, 6) is -2.07. The summed E-state index contributed by atoms with van der Waals surface area (Å²) in [6.45, 7) is 5.57. The van der Waals surface area contributed by atoms with E-state index in [4.69, 9.17) is 16.3 Å². The number of carbonyl (C=O) groups is 4. The maximum absolute atomic E-state index is 13.0. The van der Waals surface area contributed by atoms with Crippen LogP contribution in [0.15, 0.2) is 48.5 Å². The van der Waals surface area contributed by atoms with E-state index in [1.807, 2.05) is 38.1 Å². The fraction of sp³-hybridized carbons (Fsp3) is 0.385. The number of ether oxygens (including phenoxy) is 1. The number of esters is 1. The molecule has 2 aliphatic rings. The molecule has 0 aliphatic carbocycles. The van der Waals surface area contributed by atoms with Gasteiger partial charge < -0.3 is 14.5 Å². The Morgan fingerprint density at radius 1 is 0.943 bits per heavy atom. The van der Waals surface area contributed by atoms with Gasteiger partial charge in [-0.3, -0.25) is 19.3 Å². The summed E-state index contributed by atoms with van der Waals surface area (Å²) in [6.07, 6.45) is 0.247. The third-order valence-electron chi connectivity index (χ3n) is 6.25. The number of hydrogen-bond acceptors (Lipinski definition) is 6. The molecule has 184 valence electrons. The van der Waals surface area contributed by atoms with E-state index < -0.39 is 30.4 Å². The van der Waals surface area contributed by atoms with Gasteiger partial charge in [-0.25, -0.2) is 4.79 Å². The monoisotopic (exact) mass is 497 g/mol. The van der Waals surface area contributed by atoms with Gasteiger partial charge >= 0.3 is 5.97 Å². The average Bonchev–Trinajstić information content (AvgIpc) is 3.10. The molecule has 9 heteroatoms. The van der Waals surface area contributed by atoms with E-state index in [2.05, 4.69) is 4.90 Å². The lowest BCUT2D eigenvalue weighted by molar-refractivity contribution is -0.155. The van der Waals surface area contributed by atoms with Crippen LogP contribution in [-0.4, -0.2) is 72.3 Å². The highest BCUT2D eigenvalue weighted by atomic mass is 35.5. The van der Waals surface area contributed by atoms with Crippen LogP contribution in [0.4, 0.5) is 5.69 Å². The Kier molecular flexibility index (Phi) is 7.40. The molecule has 1 fully saturated rings. The summed E-state index contributed by atoms with van der Waals surface area (Å²) in [7, 11) is 0. The van der Waals surface area contributed by atoms with Crippen molar-refractivity contribution in [3.63, 3.8) is 0 Å². The van der Waals surface area contributed by atoms with E-state index >= 15 is 0 Å². The van der Waals surface area contributed by atoms with Crippen LogP contribution in [0.2, 0.25) is 5.02 Å². The van der Waals surface area contributed by atoms with Crippen LogP contribution in [0.1, 0.15) is 41.0 Å². The van der Waals surface area contributed by atoms with Crippen LogP contribution in [-0.2, 0) is 14.3 Å². The van der Waals surface area contributed by atoms with Gasteiger partial charge in [-0.2, -0.15) is 0 Å². The van der Waals surface area contributed by atoms with Gasteiger partial charge in [0.2, 0.25) is 0 Å². The number of benzene rings is 2. The molecule has 1 unspecified atom stereocenters. The van der Waals surface area contributed by atoms with Crippen molar-refractivity contribution in [3.05, 3.63) is 64.7 Å². The van der Waals surface area contributed by atoms with E-state index in [1.54, 1.807) is 29.2 Å². The van der Waals surface area contributed by atoms with E-state index in [-0.39, 0.29) is 29.4 Å². The molecular formula is C26H28ClN3O5. The standard InChI is InChI=1S/C26H28ClN3O5/c1-17(2)14-22(30-24(32)20-8-3-4-9-21(20)25(30)33)26(34)35-16-23(31)29-12-10-28(11-13-29)19-7-5-6-18(27)15-19/h3-9,15,17,22H,10-14,16H2,1-2H3. The summed E-state index contributed by atoms with van der Waals surface area (Å²) in [6, 6.07) is 13.0. The van der Waals surface area contributed by atoms with Crippen LogP contribution in [0.3, 0.4) is 0 Å². The zero-order valence-electron chi connectivity index (χ0n) is 19.8. The van der Waals surface area contributed by atoms with Gasteiger partial charge in [0.05, 0.1) is 11.1 Å². The van der Waals surface area contributed by atoms with Crippen molar-refractivity contribution >= 4 is 41.0 Å². The molecule has 2 aromatic rings. The molecule has 1 saturated heterocycles. The SMILES string of the molecule is CC(C)CC(C(=O)OCC(=O)N1CCN(c2cccc(Cl)c2)CC1)N1C(=O)c2ccccc2C1=O. The van der Waals surface area contributed by atoms with Gasteiger partial charge in [-0.1, -0.05) is 43.6 Å². The van der Waals surface area contributed by atoms with Crippen molar-refractivity contribution in [1.82, 2.24) is 9.80 Å². The third kappa shape index (κ3) is 5.32. The Balaban J connectivity index is 1.36. The molecule has 2 heterocycles. The quantitative estimate of drug-likeness (QED) is 0.431. The molecule has 3 amide bonds. The second-order valence-corrected chi connectivity index (χ2v) is 9.56.